The molecule has 0 saturated carbocycles. The van der Waals surface area contributed by atoms with E-state index in [2.05, 4.69) is 32.3 Å². The van der Waals surface area contributed by atoms with Crippen LogP contribution in [0.15, 0.2) is 77.9 Å². The monoisotopic (exact) mass is 370 g/mol. The lowest BCUT2D eigenvalue weighted by molar-refractivity contribution is 1.21. The zero-order valence-corrected chi connectivity index (χ0v) is 15.0. The standard InChI is InChI=1S/C22H15ClN4/c23-19-13-11-17(12-14-19)6-5-16-7-9-18(10-8-16)15-24-27-22-25-20-3-1-2-4-21(20)26-22/h1-4,7-15H,(H2,25,26,27)/b24-15+. The van der Waals surface area contributed by atoms with Crippen molar-refractivity contribution in [2.75, 3.05) is 5.43 Å². The summed E-state index contributed by atoms with van der Waals surface area (Å²) in [6, 6.07) is 23.2. The number of aromatic nitrogens is 2. The number of benzene rings is 3. The van der Waals surface area contributed by atoms with Gasteiger partial charge in [0.2, 0.25) is 5.95 Å². The van der Waals surface area contributed by atoms with Crippen molar-refractivity contribution in [3.8, 4) is 11.8 Å². The maximum atomic E-state index is 5.88. The summed E-state index contributed by atoms with van der Waals surface area (Å²) in [4.78, 5) is 7.57. The van der Waals surface area contributed by atoms with E-state index in [1.165, 1.54) is 0 Å². The van der Waals surface area contributed by atoms with Gasteiger partial charge in [0.25, 0.3) is 0 Å². The highest BCUT2D eigenvalue weighted by Crippen LogP contribution is 2.13. The van der Waals surface area contributed by atoms with Crippen molar-refractivity contribution in [2.24, 2.45) is 5.10 Å². The molecule has 130 valence electrons. The average molecular weight is 371 g/mol. The molecule has 0 bridgehead atoms. The van der Waals surface area contributed by atoms with Gasteiger partial charge in [-0.1, -0.05) is 47.7 Å². The molecule has 2 N–H and O–H groups in total. The molecule has 0 aliphatic heterocycles. The normalized spacial score (nSPS) is 10.7. The Morgan fingerprint density at radius 2 is 1.56 bits per heavy atom. The molecule has 0 radical (unpaired) electrons. The van der Waals surface area contributed by atoms with E-state index in [-0.39, 0.29) is 0 Å². The van der Waals surface area contributed by atoms with Gasteiger partial charge < -0.3 is 4.98 Å². The molecule has 27 heavy (non-hydrogen) atoms. The van der Waals surface area contributed by atoms with Crippen molar-refractivity contribution in [1.29, 1.82) is 0 Å². The largest absolute Gasteiger partial charge is 0.323 e. The Morgan fingerprint density at radius 1 is 0.889 bits per heavy atom. The van der Waals surface area contributed by atoms with E-state index in [9.17, 15) is 0 Å². The molecule has 4 nitrogen and oxygen atoms in total. The fraction of sp³-hybridized carbons (Fsp3) is 0. The van der Waals surface area contributed by atoms with E-state index in [0.29, 0.717) is 11.0 Å². The molecule has 1 heterocycles. The summed E-state index contributed by atoms with van der Waals surface area (Å²) in [5.74, 6) is 6.86. The highest BCUT2D eigenvalue weighted by Gasteiger charge is 1.99. The first kappa shape index (κ1) is 16.9. The van der Waals surface area contributed by atoms with E-state index < -0.39 is 0 Å². The van der Waals surface area contributed by atoms with Crippen molar-refractivity contribution < 1.29 is 0 Å². The topological polar surface area (TPSA) is 53.1 Å². The first-order valence-corrected chi connectivity index (χ1v) is 8.75. The van der Waals surface area contributed by atoms with Gasteiger partial charge in [-0.05, 0) is 54.1 Å². The Hall–Kier alpha value is -3.55. The van der Waals surface area contributed by atoms with Gasteiger partial charge >= 0.3 is 0 Å². The Balaban J connectivity index is 1.40. The van der Waals surface area contributed by atoms with Crippen LogP contribution in [0.3, 0.4) is 0 Å². The van der Waals surface area contributed by atoms with Gasteiger partial charge in [0.15, 0.2) is 0 Å². The van der Waals surface area contributed by atoms with E-state index >= 15 is 0 Å². The minimum atomic E-state index is 0.609. The van der Waals surface area contributed by atoms with Crippen molar-refractivity contribution in [1.82, 2.24) is 9.97 Å². The first-order valence-electron chi connectivity index (χ1n) is 8.38. The molecule has 3 aromatic carbocycles. The lowest BCUT2D eigenvalue weighted by Gasteiger charge is -1.96. The molecule has 0 spiro atoms. The van der Waals surface area contributed by atoms with Crippen molar-refractivity contribution in [3.05, 3.63) is 94.5 Å². The van der Waals surface area contributed by atoms with E-state index in [0.717, 1.165) is 27.7 Å². The van der Waals surface area contributed by atoms with E-state index in [1.54, 1.807) is 6.21 Å². The minimum absolute atomic E-state index is 0.609. The van der Waals surface area contributed by atoms with E-state index in [4.69, 9.17) is 11.6 Å². The van der Waals surface area contributed by atoms with Gasteiger partial charge in [0.05, 0.1) is 17.2 Å². The molecule has 0 saturated heterocycles. The van der Waals surface area contributed by atoms with Crippen LogP contribution >= 0.6 is 11.6 Å². The van der Waals surface area contributed by atoms with Crippen LogP contribution in [0.5, 0.6) is 0 Å². The second kappa shape index (κ2) is 7.77. The lowest BCUT2D eigenvalue weighted by Crippen LogP contribution is -1.92. The Morgan fingerprint density at radius 3 is 2.26 bits per heavy atom. The maximum absolute atomic E-state index is 5.88. The number of fused-ring (bicyclic) bond motifs is 1. The van der Waals surface area contributed by atoms with Crippen LogP contribution < -0.4 is 5.43 Å². The molecule has 0 aliphatic rings. The number of anilines is 1. The van der Waals surface area contributed by atoms with Gasteiger partial charge in [-0.2, -0.15) is 5.10 Å². The van der Waals surface area contributed by atoms with Crippen molar-refractivity contribution in [3.63, 3.8) is 0 Å². The predicted octanol–water partition coefficient (Wildman–Crippen LogP) is 5.06. The van der Waals surface area contributed by atoms with Crippen LogP contribution in [-0.2, 0) is 0 Å². The molecule has 4 rings (SSSR count). The van der Waals surface area contributed by atoms with Crippen LogP contribution in [-0.4, -0.2) is 16.2 Å². The highest BCUT2D eigenvalue weighted by molar-refractivity contribution is 6.30. The second-order valence-corrected chi connectivity index (χ2v) is 6.29. The zero-order chi connectivity index (χ0) is 18.5. The summed E-state index contributed by atoms with van der Waals surface area (Å²) >= 11 is 5.88. The number of nitrogens with zero attached hydrogens (tertiary/aromatic N) is 2. The third-order valence-corrected chi connectivity index (χ3v) is 4.13. The summed E-state index contributed by atoms with van der Waals surface area (Å²) < 4.78 is 0. The van der Waals surface area contributed by atoms with Crippen LogP contribution in [0.25, 0.3) is 11.0 Å². The zero-order valence-electron chi connectivity index (χ0n) is 14.3. The number of aromatic amines is 1. The third kappa shape index (κ3) is 4.35. The van der Waals surface area contributed by atoms with Gasteiger partial charge in [0.1, 0.15) is 0 Å². The molecule has 1 aromatic heterocycles. The fourth-order valence-electron chi connectivity index (χ4n) is 2.50. The summed E-state index contributed by atoms with van der Waals surface area (Å²) in [7, 11) is 0. The number of hydrogen-bond acceptors (Lipinski definition) is 3. The van der Waals surface area contributed by atoms with E-state index in [1.807, 2.05) is 72.8 Å². The number of rotatable bonds is 3. The molecule has 4 aromatic rings. The number of hydrazone groups is 1. The third-order valence-electron chi connectivity index (χ3n) is 3.88. The van der Waals surface area contributed by atoms with Crippen LogP contribution in [0.2, 0.25) is 5.02 Å². The van der Waals surface area contributed by atoms with Crippen LogP contribution in [0.1, 0.15) is 16.7 Å². The maximum Gasteiger partial charge on any atom is 0.222 e. The molecule has 0 amide bonds. The fourth-order valence-corrected chi connectivity index (χ4v) is 2.63. The number of H-pyrrole nitrogens is 1. The Kier molecular flexibility index (Phi) is 4.86. The number of imidazole rings is 1. The van der Waals surface area contributed by atoms with Crippen LogP contribution in [0.4, 0.5) is 5.95 Å². The average Bonchev–Trinajstić information content (AvgIpc) is 3.11. The second-order valence-electron chi connectivity index (χ2n) is 5.85. The molecular formula is C22H15ClN4. The van der Waals surface area contributed by atoms with Gasteiger partial charge in [-0.25, -0.2) is 10.4 Å². The minimum Gasteiger partial charge on any atom is -0.323 e. The number of nitrogens with one attached hydrogen (secondary N) is 2. The molecular weight excluding hydrogens is 356 g/mol. The van der Waals surface area contributed by atoms with Crippen molar-refractivity contribution >= 4 is 34.8 Å². The lowest BCUT2D eigenvalue weighted by atomic mass is 10.1. The molecule has 0 fully saturated rings. The molecule has 0 aliphatic carbocycles. The molecule has 0 unspecified atom stereocenters. The number of hydrogen-bond donors (Lipinski definition) is 2. The summed E-state index contributed by atoms with van der Waals surface area (Å²) in [5, 5.41) is 4.93. The number of halogens is 1. The van der Waals surface area contributed by atoms with Gasteiger partial charge in [-0.3, -0.25) is 0 Å². The Labute approximate surface area is 161 Å². The Bertz CT molecular complexity index is 1110. The van der Waals surface area contributed by atoms with Crippen molar-refractivity contribution in [2.45, 2.75) is 0 Å². The quantitative estimate of drug-likeness (QED) is 0.301. The summed E-state index contributed by atoms with van der Waals surface area (Å²) in [6.07, 6.45) is 1.74. The first-order chi connectivity index (χ1) is 13.3. The predicted molar refractivity (Wildman–Crippen MR) is 111 cm³/mol. The SMILES string of the molecule is Clc1ccc(C#Cc2ccc(/C=N/Nc3nc4ccccc4[nH]3)cc2)cc1. The number of para-hydroxylation sites is 2. The molecule has 5 heteroatoms. The summed E-state index contributed by atoms with van der Waals surface area (Å²) in [6.45, 7) is 0. The molecule has 0 atom stereocenters. The van der Waals surface area contributed by atoms with Crippen LogP contribution in [0, 0.1) is 11.8 Å². The smallest absolute Gasteiger partial charge is 0.222 e. The summed E-state index contributed by atoms with van der Waals surface area (Å²) in [5.41, 5.74) is 7.62. The van der Waals surface area contributed by atoms with Gasteiger partial charge in [0, 0.05) is 16.1 Å². The highest BCUT2D eigenvalue weighted by atomic mass is 35.5. The van der Waals surface area contributed by atoms with Gasteiger partial charge in [-0.15, -0.1) is 0 Å².